The number of anilines is 1. The third-order valence-corrected chi connectivity index (χ3v) is 5.26. The molecule has 1 amide bonds. The Kier molecular flexibility index (Phi) is 3.59. The van der Waals surface area contributed by atoms with Gasteiger partial charge in [-0.15, -0.1) is 0 Å². The van der Waals surface area contributed by atoms with E-state index in [1.807, 2.05) is 36.4 Å². The Hall–Kier alpha value is -3.37. The Morgan fingerprint density at radius 3 is 2.30 bits per heavy atom. The molecule has 0 unspecified atom stereocenters. The molecular weight excluding hydrogens is 334 g/mol. The number of nitrogens with two attached hydrogens (primary N) is 1. The smallest absolute Gasteiger partial charge is 0.255 e. The summed E-state index contributed by atoms with van der Waals surface area (Å²) >= 11 is 0. The van der Waals surface area contributed by atoms with Crippen molar-refractivity contribution < 1.29 is 4.79 Å². The number of hydrogen-bond acceptors (Lipinski definition) is 3. The molecule has 1 aliphatic heterocycles. The average Bonchev–Trinajstić information content (AvgIpc) is 2.72. The van der Waals surface area contributed by atoms with Gasteiger partial charge < -0.3 is 4.90 Å². The second-order valence-electron chi connectivity index (χ2n) is 6.96. The number of nitrogens with zero attached hydrogens (tertiary/aromatic N) is 2. The Morgan fingerprint density at radius 2 is 1.52 bits per heavy atom. The average molecular weight is 353 g/mol. The molecule has 4 heteroatoms. The molecule has 4 aromatic rings. The van der Waals surface area contributed by atoms with Crippen LogP contribution in [0.5, 0.6) is 0 Å². The summed E-state index contributed by atoms with van der Waals surface area (Å²) in [6, 6.07) is 26.3. The first-order chi connectivity index (χ1) is 13.2. The highest BCUT2D eigenvalue weighted by molar-refractivity contribution is 6.02. The van der Waals surface area contributed by atoms with Crippen molar-refractivity contribution in [2.45, 2.75) is 6.54 Å². The number of rotatable bonds is 1. The van der Waals surface area contributed by atoms with Crippen LogP contribution >= 0.6 is 0 Å². The number of carbonyl (C=O) groups excluding carboxylic acids is 1. The molecule has 0 aliphatic carbocycles. The fraction of sp³-hybridized carbons (Fsp3) is 0.0870. The zero-order chi connectivity index (χ0) is 18.4. The first kappa shape index (κ1) is 15.9. The van der Waals surface area contributed by atoms with E-state index in [2.05, 4.69) is 42.5 Å². The number of benzene rings is 4. The summed E-state index contributed by atoms with van der Waals surface area (Å²) < 4.78 is 0. The predicted octanol–water partition coefficient (Wildman–Crippen LogP) is 4.29. The molecule has 132 valence electrons. The number of carbonyl (C=O) groups is 1. The van der Waals surface area contributed by atoms with Gasteiger partial charge in [-0.1, -0.05) is 48.5 Å². The lowest BCUT2D eigenvalue weighted by Gasteiger charge is -2.36. The molecule has 0 saturated heterocycles. The molecule has 4 nitrogen and oxygen atoms in total. The highest BCUT2D eigenvalue weighted by atomic mass is 16.2. The van der Waals surface area contributed by atoms with Gasteiger partial charge in [-0.2, -0.15) is 0 Å². The van der Waals surface area contributed by atoms with Crippen LogP contribution in [0, 0.1) is 0 Å². The maximum absolute atomic E-state index is 12.9. The monoisotopic (exact) mass is 353 g/mol. The molecule has 5 rings (SSSR count). The van der Waals surface area contributed by atoms with Gasteiger partial charge in [-0.3, -0.25) is 9.80 Å². The van der Waals surface area contributed by atoms with Crippen LogP contribution in [0.25, 0.3) is 21.5 Å². The van der Waals surface area contributed by atoms with Crippen LogP contribution in [-0.4, -0.2) is 17.5 Å². The topological polar surface area (TPSA) is 49.6 Å². The van der Waals surface area contributed by atoms with Gasteiger partial charge in [0.2, 0.25) is 0 Å². The van der Waals surface area contributed by atoms with E-state index in [-0.39, 0.29) is 5.91 Å². The van der Waals surface area contributed by atoms with Crippen molar-refractivity contribution in [3.05, 3.63) is 90.0 Å². The van der Waals surface area contributed by atoms with Crippen LogP contribution < -0.4 is 10.9 Å². The summed E-state index contributed by atoms with van der Waals surface area (Å²) in [4.78, 5) is 14.7. The number of amides is 1. The molecule has 0 saturated carbocycles. The van der Waals surface area contributed by atoms with Crippen LogP contribution in [0.3, 0.4) is 0 Å². The molecule has 0 spiro atoms. The van der Waals surface area contributed by atoms with E-state index in [9.17, 15) is 4.79 Å². The predicted molar refractivity (Wildman–Crippen MR) is 109 cm³/mol. The third-order valence-electron chi connectivity index (χ3n) is 5.26. The largest absolute Gasteiger partial charge is 0.315 e. The van der Waals surface area contributed by atoms with Gasteiger partial charge >= 0.3 is 0 Å². The molecule has 0 fully saturated rings. The minimum Gasteiger partial charge on any atom is -0.315 e. The number of hydrogen-bond donors (Lipinski definition) is 1. The molecule has 27 heavy (non-hydrogen) atoms. The SMILES string of the molecule is NN1CN(C(=O)c2ccccc2)Cc2c1ccc1cc3ccccc3cc21. The molecule has 1 heterocycles. The molecule has 0 aromatic heterocycles. The molecule has 0 bridgehead atoms. The standard InChI is InChI=1S/C23H19N3O/c24-26-15-25(23(27)16-6-2-1-3-7-16)14-21-20-13-18-9-5-4-8-17(18)12-19(20)10-11-22(21)26/h1-13H,14-15,24H2. The maximum Gasteiger partial charge on any atom is 0.255 e. The molecule has 4 aromatic carbocycles. The van der Waals surface area contributed by atoms with Crippen molar-refractivity contribution in [2.24, 2.45) is 5.84 Å². The van der Waals surface area contributed by atoms with Crippen molar-refractivity contribution in [3.8, 4) is 0 Å². The fourth-order valence-electron chi connectivity index (χ4n) is 3.90. The normalized spacial score (nSPS) is 13.8. The Morgan fingerprint density at radius 1 is 0.815 bits per heavy atom. The summed E-state index contributed by atoms with van der Waals surface area (Å²) in [5, 5.41) is 6.37. The van der Waals surface area contributed by atoms with E-state index in [0.717, 1.165) is 22.0 Å². The summed E-state index contributed by atoms with van der Waals surface area (Å²) in [5.74, 6) is 6.29. The second kappa shape index (κ2) is 6.11. The quantitative estimate of drug-likeness (QED) is 0.410. The second-order valence-corrected chi connectivity index (χ2v) is 6.96. The van der Waals surface area contributed by atoms with Crippen molar-refractivity contribution in [2.75, 3.05) is 11.7 Å². The number of fused-ring (bicyclic) bond motifs is 4. The highest BCUT2D eigenvalue weighted by Gasteiger charge is 2.26. The molecule has 0 atom stereocenters. The van der Waals surface area contributed by atoms with Crippen LogP contribution in [0.4, 0.5) is 5.69 Å². The van der Waals surface area contributed by atoms with E-state index < -0.39 is 0 Å². The van der Waals surface area contributed by atoms with Crippen LogP contribution in [0.1, 0.15) is 15.9 Å². The van der Waals surface area contributed by atoms with Crippen LogP contribution in [0.15, 0.2) is 78.9 Å². The highest BCUT2D eigenvalue weighted by Crippen LogP contribution is 2.34. The van der Waals surface area contributed by atoms with Gasteiger partial charge in [0.15, 0.2) is 0 Å². The van der Waals surface area contributed by atoms with Gasteiger partial charge in [0.25, 0.3) is 5.91 Å². The fourth-order valence-corrected chi connectivity index (χ4v) is 3.90. The maximum atomic E-state index is 12.9. The molecule has 0 radical (unpaired) electrons. The summed E-state index contributed by atoms with van der Waals surface area (Å²) in [6.07, 6.45) is 0. The first-order valence-corrected chi connectivity index (χ1v) is 9.02. The minimum absolute atomic E-state index is 0.00510. The van der Waals surface area contributed by atoms with Crippen molar-refractivity contribution in [1.29, 1.82) is 0 Å². The van der Waals surface area contributed by atoms with E-state index >= 15 is 0 Å². The number of hydrazine groups is 1. The first-order valence-electron chi connectivity index (χ1n) is 9.02. The third kappa shape index (κ3) is 2.62. The van der Waals surface area contributed by atoms with Gasteiger partial charge in [-0.05, 0) is 51.9 Å². The molecule has 2 N–H and O–H groups in total. The zero-order valence-corrected chi connectivity index (χ0v) is 14.8. The van der Waals surface area contributed by atoms with E-state index in [1.54, 1.807) is 9.91 Å². The molecule has 1 aliphatic rings. The van der Waals surface area contributed by atoms with E-state index in [4.69, 9.17) is 5.84 Å². The summed E-state index contributed by atoms with van der Waals surface area (Å²) in [6.45, 7) is 0.923. The van der Waals surface area contributed by atoms with E-state index in [1.165, 1.54) is 10.8 Å². The Bertz CT molecular complexity index is 1170. The van der Waals surface area contributed by atoms with Gasteiger partial charge in [0.1, 0.15) is 6.67 Å². The lowest BCUT2D eigenvalue weighted by Crippen LogP contribution is -2.48. The van der Waals surface area contributed by atoms with Crippen LogP contribution in [0.2, 0.25) is 0 Å². The lowest BCUT2D eigenvalue weighted by molar-refractivity contribution is 0.0735. The van der Waals surface area contributed by atoms with Crippen molar-refractivity contribution >= 4 is 33.1 Å². The van der Waals surface area contributed by atoms with Gasteiger partial charge in [-0.25, -0.2) is 5.84 Å². The van der Waals surface area contributed by atoms with Gasteiger partial charge in [0.05, 0.1) is 12.2 Å². The minimum atomic E-state index is -0.00510. The Balaban J connectivity index is 1.63. The summed E-state index contributed by atoms with van der Waals surface area (Å²) in [7, 11) is 0. The van der Waals surface area contributed by atoms with Crippen LogP contribution in [-0.2, 0) is 6.54 Å². The Labute approximate surface area is 157 Å². The van der Waals surface area contributed by atoms with Crippen molar-refractivity contribution in [3.63, 3.8) is 0 Å². The molecular formula is C23H19N3O. The van der Waals surface area contributed by atoms with Gasteiger partial charge in [0, 0.05) is 11.1 Å². The lowest BCUT2D eigenvalue weighted by atomic mass is 9.97. The van der Waals surface area contributed by atoms with E-state index in [0.29, 0.717) is 18.8 Å². The summed E-state index contributed by atoms with van der Waals surface area (Å²) in [5.41, 5.74) is 2.76. The zero-order valence-electron chi connectivity index (χ0n) is 14.8. The van der Waals surface area contributed by atoms with Crippen molar-refractivity contribution in [1.82, 2.24) is 4.90 Å².